The van der Waals surface area contributed by atoms with Gasteiger partial charge in [-0.1, -0.05) is 72.7 Å². The highest BCUT2D eigenvalue weighted by molar-refractivity contribution is 5.85. The fourth-order valence-electron chi connectivity index (χ4n) is 3.30. The van der Waals surface area contributed by atoms with Gasteiger partial charge in [0.05, 0.1) is 0 Å². The maximum atomic E-state index is 10.5. The van der Waals surface area contributed by atoms with Gasteiger partial charge in [0, 0.05) is 5.41 Å². The molecule has 2 heteroatoms. The van der Waals surface area contributed by atoms with Crippen LogP contribution in [0.3, 0.4) is 0 Å². The van der Waals surface area contributed by atoms with E-state index >= 15 is 0 Å². The molecule has 0 aromatic heterocycles. The molecule has 2 aromatic carbocycles. The Balaban J connectivity index is 2.01. The average Bonchev–Trinajstić information content (AvgIpc) is 2.62. The number of hydrogen-bond acceptors (Lipinski definition) is 2. The number of allylic oxidation sites excluding steroid dienone is 2. The fraction of sp³-hybridized carbons (Fsp3) is 0.190. The standard InChI is InChI=1S/C21H18O2/c22-20(23)12-11-17-13-15-21(16-14-17,18-7-3-1-4-8-18)19-9-5-2-6-10-19/h1-10,13H,14-16H2,(H,22,23)/p-1. The van der Waals surface area contributed by atoms with Gasteiger partial charge < -0.3 is 9.90 Å². The van der Waals surface area contributed by atoms with Gasteiger partial charge in [-0.05, 0) is 41.9 Å². The Morgan fingerprint density at radius 2 is 1.52 bits per heavy atom. The van der Waals surface area contributed by atoms with E-state index in [1.54, 1.807) is 0 Å². The van der Waals surface area contributed by atoms with Gasteiger partial charge in [0.2, 0.25) is 0 Å². The van der Waals surface area contributed by atoms with Crippen molar-refractivity contribution >= 4 is 5.97 Å². The lowest BCUT2D eigenvalue weighted by Gasteiger charge is -2.37. The average molecular weight is 301 g/mol. The number of rotatable bonds is 2. The molecular formula is C21H17O2-. The molecule has 2 aromatic rings. The third-order valence-electron chi connectivity index (χ3n) is 4.50. The van der Waals surface area contributed by atoms with E-state index in [2.05, 4.69) is 66.4 Å². The molecule has 0 spiro atoms. The predicted molar refractivity (Wildman–Crippen MR) is 88.4 cm³/mol. The van der Waals surface area contributed by atoms with E-state index in [0.29, 0.717) is 0 Å². The zero-order valence-corrected chi connectivity index (χ0v) is 12.8. The molecule has 23 heavy (non-hydrogen) atoms. The molecule has 0 N–H and O–H groups in total. The summed E-state index contributed by atoms with van der Waals surface area (Å²) in [5.41, 5.74) is 3.38. The lowest BCUT2D eigenvalue weighted by atomic mass is 9.66. The molecule has 0 unspecified atom stereocenters. The first-order valence-electron chi connectivity index (χ1n) is 7.74. The van der Waals surface area contributed by atoms with Crippen molar-refractivity contribution in [1.82, 2.24) is 0 Å². The Bertz CT molecular complexity index is 737. The minimum Gasteiger partial charge on any atom is -0.537 e. The van der Waals surface area contributed by atoms with Gasteiger partial charge in [-0.2, -0.15) is 0 Å². The minimum absolute atomic E-state index is 0.0742. The highest BCUT2D eigenvalue weighted by atomic mass is 16.4. The molecule has 0 amide bonds. The lowest BCUT2D eigenvalue weighted by Crippen LogP contribution is -2.29. The van der Waals surface area contributed by atoms with Crippen molar-refractivity contribution in [1.29, 1.82) is 0 Å². The van der Waals surface area contributed by atoms with Crippen molar-refractivity contribution in [2.45, 2.75) is 24.7 Å². The molecule has 0 radical (unpaired) electrons. The van der Waals surface area contributed by atoms with Crippen molar-refractivity contribution in [2.75, 3.05) is 0 Å². The van der Waals surface area contributed by atoms with Crippen LogP contribution in [0.4, 0.5) is 0 Å². The monoisotopic (exact) mass is 301 g/mol. The van der Waals surface area contributed by atoms with Crippen LogP contribution < -0.4 is 5.11 Å². The van der Waals surface area contributed by atoms with Crippen LogP contribution >= 0.6 is 0 Å². The van der Waals surface area contributed by atoms with Crippen molar-refractivity contribution in [2.24, 2.45) is 0 Å². The number of hydrogen-bond donors (Lipinski definition) is 0. The summed E-state index contributed by atoms with van der Waals surface area (Å²) in [5, 5.41) is 10.5. The number of benzene rings is 2. The van der Waals surface area contributed by atoms with Gasteiger partial charge in [-0.25, -0.2) is 0 Å². The molecule has 114 valence electrons. The molecule has 0 fully saturated rings. The number of carbonyl (C=O) groups is 1. The van der Waals surface area contributed by atoms with Crippen LogP contribution in [0.1, 0.15) is 30.4 Å². The second-order valence-corrected chi connectivity index (χ2v) is 5.79. The summed E-state index contributed by atoms with van der Waals surface area (Å²) in [6, 6.07) is 21.0. The fourth-order valence-corrected chi connectivity index (χ4v) is 3.30. The van der Waals surface area contributed by atoms with E-state index < -0.39 is 5.97 Å². The Hall–Kier alpha value is -2.79. The van der Waals surface area contributed by atoms with Crippen LogP contribution in [0.5, 0.6) is 0 Å². The summed E-state index contributed by atoms with van der Waals surface area (Å²) in [6.07, 6.45) is 4.57. The van der Waals surface area contributed by atoms with E-state index in [1.165, 1.54) is 11.1 Å². The van der Waals surface area contributed by atoms with Crippen molar-refractivity contribution in [3.05, 3.63) is 83.4 Å². The Labute approximate surface area is 136 Å². The highest BCUT2D eigenvalue weighted by Crippen LogP contribution is 2.43. The van der Waals surface area contributed by atoms with Crippen molar-refractivity contribution in [3.8, 4) is 11.8 Å². The third-order valence-corrected chi connectivity index (χ3v) is 4.50. The van der Waals surface area contributed by atoms with Crippen molar-refractivity contribution < 1.29 is 9.90 Å². The molecule has 1 aliphatic carbocycles. The van der Waals surface area contributed by atoms with Gasteiger partial charge in [-0.3, -0.25) is 0 Å². The Morgan fingerprint density at radius 1 is 0.957 bits per heavy atom. The van der Waals surface area contributed by atoms with E-state index in [-0.39, 0.29) is 5.41 Å². The van der Waals surface area contributed by atoms with Gasteiger partial charge in [-0.15, -0.1) is 0 Å². The summed E-state index contributed by atoms with van der Waals surface area (Å²) < 4.78 is 0. The lowest BCUT2D eigenvalue weighted by molar-refractivity contribution is -0.295. The van der Waals surface area contributed by atoms with Gasteiger partial charge in [0.1, 0.15) is 5.97 Å². The van der Waals surface area contributed by atoms with Crippen LogP contribution in [0, 0.1) is 11.8 Å². The molecular weight excluding hydrogens is 284 g/mol. The van der Waals surface area contributed by atoms with Crippen LogP contribution in [-0.2, 0) is 10.2 Å². The zero-order chi connectivity index (χ0) is 16.1. The Morgan fingerprint density at radius 3 is 1.96 bits per heavy atom. The molecule has 2 nitrogen and oxygen atoms in total. The second kappa shape index (κ2) is 6.54. The number of aliphatic carboxylic acids is 1. The second-order valence-electron chi connectivity index (χ2n) is 5.79. The van der Waals surface area contributed by atoms with Gasteiger partial charge >= 0.3 is 0 Å². The molecule has 0 atom stereocenters. The van der Waals surface area contributed by atoms with Crippen LogP contribution in [-0.4, -0.2) is 5.97 Å². The normalized spacial score (nSPS) is 15.9. The molecule has 0 saturated heterocycles. The first kappa shape index (κ1) is 15.1. The summed E-state index contributed by atoms with van der Waals surface area (Å²) in [6.45, 7) is 0. The zero-order valence-electron chi connectivity index (χ0n) is 12.8. The topological polar surface area (TPSA) is 40.1 Å². The minimum atomic E-state index is -1.33. The molecule has 3 rings (SSSR count). The van der Waals surface area contributed by atoms with E-state index in [9.17, 15) is 9.90 Å². The van der Waals surface area contributed by atoms with Gasteiger partial charge in [0.15, 0.2) is 0 Å². The van der Waals surface area contributed by atoms with Gasteiger partial charge in [0.25, 0.3) is 0 Å². The summed E-state index contributed by atoms with van der Waals surface area (Å²) in [7, 11) is 0. The molecule has 0 saturated carbocycles. The molecule has 0 bridgehead atoms. The quantitative estimate of drug-likeness (QED) is 0.800. The Kier molecular flexibility index (Phi) is 4.30. The van der Waals surface area contributed by atoms with Crippen LogP contribution in [0.25, 0.3) is 0 Å². The maximum Gasteiger partial charge on any atom is 0.116 e. The SMILES string of the molecule is O=C([O-])C#CC1=CCC(c2ccccc2)(c2ccccc2)CC1. The number of carbonyl (C=O) groups excluding carboxylic acids is 1. The molecule has 0 aliphatic heterocycles. The summed E-state index contributed by atoms with van der Waals surface area (Å²) >= 11 is 0. The molecule has 0 heterocycles. The summed E-state index contributed by atoms with van der Waals surface area (Å²) in [5.74, 6) is 3.50. The first-order chi connectivity index (χ1) is 11.2. The third kappa shape index (κ3) is 3.19. The largest absolute Gasteiger partial charge is 0.537 e. The van der Waals surface area contributed by atoms with E-state index in [4.69, 9.17) is 0 Å². The van der Waals surface area contributed by atoms with E-state index in [1.807, 2.05) is 12.1 Å². The van der Waals surface area contributed by atoms with E-state index in [0.717, 1.165) is 24.8 Å². The highest BCUT2D eigenvalue weighted by Gasteiger charge is 2.35. The van der Waals surface area contributed by atoms with Crippen LogP contribution in [0.15, 0.2) is 72.3 Å². The predicted octanol–water partition coefficient (Wildman–Crippen LogP) is 2.84. The first-order valence-corrected chi connectivity index (χ1v) is 7.74. The molecule has 1 aliphatic rings. The summed E-state index contributed by atoms with van der Waals surface area (Å²) in [4.78, 5) is 10.5. The smallest absolute Gasteiger partial charge is 0.116 e. The number of carboxylic acids is 1. The van der Waals surface area contributed by atoms with Crippen molar-refractivity contribution in [3.63, 3.8) is 0 Å². The van der Waals surface area contributed by atoms with Crippen LogP contribution in [0.2, 0.25) is 0 Å². The number of carboxylic acid groups (broad SMARTS) is 1. The maximum absolute atomic E-state index is 10.5.